The van der Waals surface area contributed by atoms with Crippen molar-refractivity contribution in [1.82, 2.24) is 15.5 Å². The fourth-order valence-corrected chi connectivity index (χ4v) is 3.97. The minimum Gasteiger partial charge on any atom is -0.392 e. The van der Waals surface area contributed by atoms with Crippen LogP contribution >= 0.6 is 11.8 Å². The third-order valence-electron chi connectivity index (χ3n) is 3.89. The van der Waals surface area contributed by atoms with Crippen LogP contribution in [0.25, 0.3) is 0 Å². The van der Waals surface area contributed by atoms with E-state index in [1.807, 2.05) is 11.8 Å². The molecule has 0 bridgehead atoms. The molecular weight excluding hydrogens is 262 g/mol. The monoisotopic (exact) mass is 283 g/mol. The third kappa shape index (κ3) is 3.49. The highest BCUT2D eigenvalue weighted by Gasteiger charge is 2.28. The lowest BCUT2D eigenvalue weighted by molar-refractivity contribution is 0.191. The molecule has 1 aliphatic heterocycles. The highest BCUT2D eigenvalue weighted by atomic mass is 32.2. The largest absolute Gasteiger partial charge is 0.392 e. The van der Waals surface area contributed by atoms with E-state index in [2.05, 4.69) is 15.5 Å². The number of aliphatic hydroxyl groups excluding tert-OH is 1. The normalized spacial score (nSPS) is 28.9. The molecule has 0 aromatic carbocycles. The Hall–Kier alpha value is -0.590. The van der Waals surface area contributed by atoms with Crippen LogP contribution in [0.4, 0.5) is 0 Å². The number of nitrogens with zero attached hydrogens (tertiary/aromatic N) is 2. The van der Waals surface area contributed by atoms with E-state index in [1.165, 1.54) is 32.1 Å². The van der Waals surface area contributed by atoms with Gasteiger partial charge in [0.15, 0.2) is 5.82 Å². The predicted octanol–water partition coefficient (Wildman–Crippen LogP) is 2.03. The van der Waals surface area contributed by atoms with Crippen molar-refractivity contribution in [2.75, 3.05) is 6.54 Å². The number of β-amino-alcohol motifs (C(OH)–C–C–N with tert-alkyl or cyclic N) is 1. The Morgan fingerprint density at radius 3 is 2.89 bits per heavy atom. The summed E-state index contributed by atoms with van der Waals surface area (Å²) in [5, 5.41) is 17.5. The average molecular weight is 283 g/mol. The molecule has 2 atom stereocenters. The van der Waals surface area contributed by atoms with Crippen molar-refractivity contribution in [3.63, 3.8) is 0 Å². The number of aliphatic hydroxyl groups is 1. The van der Waals surface area contributed by atoms with Crippen molar-refractivity contribution >= 4 is 11.8 Å². The highest BCUT2D eigenvalue weighted by molar-refractivity contribution is 7.99. The second-order valence-corrected chi connectivity index (χ2v) is 6.76. The van der Waals surface area contributed by atoms with Crippen molar-refractivity contribution in [2.24, 2.45) is 0 Å². The number of thioether (sulfide) groups is 1. The van der Waals surface area contributed by atoms with Crippen LogP contribution in [0.3, 0.4) is 0 Å². The van der Waals surface area contributed by atoms with Gasteiger partial charge in [-0.15, -0.1) is 0 Å². The van der Waals surface area contributed by atoms with Crippen molar-refractivity contribution in [3.8, 4) is 0 Å². The fraction of sp³-hybridized carbons (Fsp3) is 0.846. The van der Waals surface area contributed by atoms with Gasteiger partial charge in [0.25, 0.3) is 0 Å². The number of hydrogen-bond acceptors (Lipinski definition) is 6. The average Bonchev–Trinajstić information content (AvgIpc) is 3.06. The van der Waals surface area contributed by atoms with Crippen LogP contribution in [0.2, 0.25) is 0 Å². The number of hydrogen-bond donors (Lipinski definition) is 2. The molecule has 1 unspecified atom stereocenters. The van der Waals surface area contributed by atoms with Crippen LogP contribution in [-0.2, 0) is 5.75 Å². The van der Waals surface area contributed by atoms with E-state index in [4.69, 9.17) is 4.52 Å². The van der Waals surface area contributed by atoms with E-state index in [9.17, 15) is 5.11 Å². The van der Waals surface area contributed by atoms with Crippen LogP contribution in [0.5, 0.6) is 0 Å². The summed E-state index contributed by atoms with van der Waals surface area (Å²) in [6, 6.07) is 0.0240. The summed E-state index contributed by atoms with van der Waals surface area (Å²) in [5.41, 5.74) is 0. The van der Waals surface area contributed by atoms with Gasteiger partial charge < -0.3 is 14.9 Å². The quantitative estimate of drug-likeness (QED) is 0.881. The molecule has 0 radical (unpaired) electrons. The SMILES string of the molecule is OC1CN[C@H](c2nc(CSC3CCCCC3)no2)C1. The Kier molecular flexibility index (Phi) is 4.40. The standard InChI is InChI=1S/C13H21N3O2S/c17-9-6-11(14-7-9)13-15-12(16-18-13)8-19-10-4-2-1-3-5-10/h9-11,14,17H,1-8H2/t9?,11-/m0/s1. The first kappa shape index (κ1) is 13.4. The lowest BCUT2D eigenvalue weighted by Gasteiger charge is -2.19. The molecule has 1 aromatic heterocycles. The van der Waals surface area contributed by atoms with Gasteiger partial charge in [0, 0.05) is 11.8 Å². The minimum atomic E-state index is -0.294. The Balaban J connectivity index is 1.50. The Bertz CT molecular complexity index is 406. The van der Waals surface area contributed by atoms with Gasteiger partial charge in [-0.2, -0.15) is 16.7 Å². The first-order valence-electron chi connectivity index (χ1n) is 7.17. The number of rotatable bonds is 4. The van der Waals surface area contributed by atoms with Gasteiger partial charge in [0.05, 0.1) is 17.9 Å². The van der Waals surface area contributed by atoms with Crippen molar-refractivity contribution in [1.29, 1.82) is 0 Å². The maximum atomic E-state index is 9.48. The van der Waals surface area contributed by atoms with Gasteiger partial charge in [-0.1, -0.05) is 24.4 Å². The lowest BCUT2D eigenvalue weighted by atomic mass is 10.0. The Labute approximate surface area is 117 Å². The van der Waals surface area contributed by atoms with E-state index in [0.717, 1.165) is 16.8 Å². The van der Waals surface area contributed by atoms with Crippen molar-refractivity contribution in [3.05, 3.63) is 11.7 Å². The summed E-state index contributed by atoms with van der Waals surface area (Å²) < 4.78 is 5.29. The summed E-state index contributed by atoms with van der Waals surface area (Å²) in [6.45, 7) is 0.610. The molecule has 2 heterocycles. The van der Waals surface area contributed by atoms with Gasteiger partial charge in [0.2, 0.25) is 5.89 Å². The first-order valence-corrected chi connectivity index (χ1v) is 8.21. The summed E-state index contributed by atoms with van der Waals surface area (Å²) in [5.74, 6) is 2.24. The van der Waals surface area contributed by atoms with Crippen LogP contribution in [0, 0.1) is 0 Å². The lowest BCUT2D eigenvalue weighted by Crippen LogP contribution is -2.15. The molecule has 2 aliphatic rings. The smallest absolute Gasteiger partial charge is 0.243 e. The highest BCUT2D eigenvalue weighted by Crippen LogP contribution is 2.30. The summed E-state index contributed by atoms with van der Waals surface area (Å²) >= 11 is 1.95. The maximum absolute atomic E-state index is 9.48. The van der Waals surface area contributed by atoms with Crippen molar-refractivity contribution < 1.29 is 9.63 Å². The molecule has 1 aliphatic carbocycles. The molecule has 1 saturated heterocycles. The van der Waals surface area contributed by atoms with Gasteiger partial charge in [-0.25, -0.2) is 0 Å². The zero-order valence-electron chi connectivity index (χ0n) is 11.0. The zero-order valence-corrected chi connectivity index (χ0v) is 11.9. The van der Waals surface area contributed by atoms with E-state index in [-0.39, 0.29) is 12.1 Å². The second-order valence-electron chi connectivity index (χ2n) is 5.47. The van der Waals surface area contributed by atoms with Gasteiger partial charge in [-0.3, -0.25) is 0 Å². The van der Waals surface area contributed by atoms with E-state index < -0.39 is 0 Å². The van der Waals surface area contributed by atoms with E-state index >= 15 is 0 Å². The fourth-order valence-electron chi connectivity index (χ4n) is 2.80. The van der Waals surface area contributed by atoms with E-state index in [0.29, 0.717) is 18.9 Å². The summed E-state index contributed by atoms with van der Waals surface area (Å²) in [6.07, 6.45) is 7.13. The minimum absolute atomic E-state index is 0.0240. The molecule has 5 nitrogen and oxygen atoms in total. The number of aromatic nitrogens is 2. The third-order valence-corrected chi connectivity index (χ3v) is 5.26. The van der Waals surface area contributed by atoms with Gasteiger partial charge in [-0.05, 0) is 19.3 Å². The van der Waals surface area contributed by atoms with Crippen LogP contribution in [0.1, 0.15) is 56.3 Å². The summed E-state index contributed by atoms with van der Waals surface area (Å²) in [7, 11) is 0. The predicted molar refractivity (Wildman–Crippen MR) is 73.8 cm³/mol. The molecule has 3 rings (SSSR count). The number of nitrogens with one attached hydrogen (secondary N) is 1. The van der Waals surface area contributed by atoms with Gasteiger partial charge >= 0.3 is 0 Å². The Morgan fingerprint density at radius 2 is 2.16 bits per heavy atom. The molecule has 1 aromatic rings. The van der Waals surface area contributed by atoms with Crippen LogP contribution in [-0.4, -0.2) is 33.1 Å². The molecular formula is C13H21N3O2S. The Morgan fingerprint density at radius 1 is 1.32 bits per heavy atom. The molecule has 19 heavy (non-hydrogen) atoms. The molecule has 0 amide bonds. The van der Waals surface area contributed by atoms with Crippen molar-refractivity contribution in [2.45, 2.75) is 61.7 Å². The zero-order chi connectivity index (χ0) is 13.1. The summed E-state index contributed by atoms with van der Waals surface area (Å²) in [4.78, 5) is 4.44. The molecule has 2 N–H and O–H groups in total. The van der Waals surface area contributed by atoms with Gasteiger partial charge in [0.1, 0.15) is 0 Å². The van der Waals surface area contributed by atoms with Crippen LogP contribution in [0.15, 0.2) is 4.52 Å². The first-order chi connectivity index (χ1) is 9.31. The van der Waals surface area contributed by atoms with Crippen LogP contribution < -0.4 is 5.32 Å². The molecule has 2 fully saturated rings. The molecule has 1 saturated carbocycles. The molecule has 0 spiro atoms. The molecule has 106 valence electrons. The van der Waals surface area contributed by atoms with E-state index in [1.54, 1.807) is 0 Å². The maximum Gasteiger partial charge on any atom is 0.243 e. The molecule has 6 heteroatoms. The second kappa shape index (κ2) is 6.24. The topological polar surface area (TPSA) is 71.2 Å².